The van der Waals surface area contributed by atoms with E-state index in [1.807, 2.05) is 31.2 Å². The normalized spacial score (nSPS) is 10.6. The summed E-state index contributed by atoms with van der Waals surface area (Å²) in [5.74, 6) is 2.30. The zero-order valence-corrected chi connectivity index (χ0v) is 13.3. The Labute approximate surface area is 139 Å². The predicted molar refractivity (Wildman–Crippen MR) is 87.8 cm³/mol. The van der Waals surface area contributed by atoms with Gasteiger partial charge in [-0.15, -0.1) is 0 Å². The van der Waals surface area contributed by atoms with Crippen molar-refractivity contribution < 1.29 is 19.1 Å². The summed E-state index contributed by atoms with van der Waals surface area (Å²) in [6.45, 7) is 2.46. The molecule has 0 saturated heterocycles. The van der Waals surface area contributed by atoms with Crippen LogP contribution in [0, 0.1) is 6.92 Å². The van der Waals surface area contributed by atoms with Crippen LogP contribution in [-0.4, -0.2) is 28.5 Å². The predicted octanol–water partition coefficient (Wildman–Crippen LogP) is 3.00. The van der Waals surface area contributed by atoms with Gasteiger partial charge in [0.05, 0.1) is 6.61 Å². The summed E-state index contributed by atoms with van der Waals surface area (Å²) < 4.78 is 16.1. The molecule has 0 spiro atoms. The average molecular weight is 326 g/mol. The summed E-state index contributed by atoms with van der Waals surface area (Å²) >= 11 is 0. The maximum Gasteiger partial charge on any atom is 0.264 e. The quantitative estimate of drug-likeness (QED) is 0.719. The van der Waals surface area contributed by atoms with Gasteiger partial charge in [-0.2, -0.15) is 4.98 Å². The van der Waals surface area contributed by atoms with Gasteiger partial charge in [-0.3, -0.25) is 0 Å². The Kier molecular flexibility index (Phi) is 5.08. The van der Waals surface area contributed by atoms with Gasteiger partial charge in [0, 0.05) is 5.56 Å². The Bertz CT molecular complexity index is 784. The van der Waals surface area contributed by atoms with Gasteiger partial charge in [-0.05, 0) is 37.3 Å². The van der Waals surface area contributed by atoms with Gasteiger partial charge in [-0.1, -0.05) is 28.9 Å². The molecule has 0 amide bonds. The van der Waals surface area contributed by atoms with Crippen molar-refractivity contribution >= 4 is 0 Å². The molecule has 1 heterocycles. The molecule has 0 fully saturated rings. The molecule has 1 N–H and O–H groups in total. The topological polar surface area (TPSA) is 77.6 Å². The van der Waals surface area contributed by atoms with E-state index in [4.69, 9.17) is 19.1 Å². The number of benzene rings is 2. The third-order valence-electron chi connectivity index (χ3n) is 3.29. The first-order valence-electron chi connectivity index (χ1n) is 7.61. The van der Waals surface area contributed by atoms with Crippen molar-refractivity contribution in [2.75, 3.05) is 13.2 Å². The summed E-state index contributed by atoms with van der Waals surface area (Å²) in [6, 6.07) is 15.0. The summed E-state index contributed by atoms with van der Waals surface area (Å²) in [5, 5.41) is 12.7. The highest BCUT2D eigenvalue weighted by Gasteiger charge is 2.09. The molecule has 0 radical (unpaired) electrons. The molecule has 124 valence electrons. The zero-order chi connectivity index (χ0) is 16.8. The summed E-state index contributed by atoms with van der Waals surface area (Å²) in [5.41, 5.74) is 2.05. The van der Waals surface area contributed by atoms with Crippen molar-refractivity contribution in [1.82, 2.24) is 10.1 Å². The molecule has 0 aliphatic rings. The van der Waals surface area contributed by atoms with Crippen LogP contribution in [0.25, 0.3) is 11.4 Å². The van der Waals surface area contributed by atoms with E-state index in [0.29, 0.717) is 23.2 Å². The molecule has 3 rings (SSSR count). The Morgan fingerprint density at radius 3 is 2.50 bits per heavy atom. The highest BCUT2D eigenvalue weighted by molar-refractivity contribution is 5.55. The number of ether oxygens (including phenoxy) is 2. The van der Waals surface area contributed by atoms with Gasteiger partial charge >= 0.3 is 0 Å². The lowest BCUT2D eigenvalue weighted by atomic mass is 10.1. The maximum absolute atomic E-state index is 8.72. The Balaban J connectivity index is 1.59. The SMILES string of the molecule is Cc1cccc(-c2noc(COc3ccc(OCCO)cc3)n2)c1. The number of aromatic nitrogens is 2. The van der Waals surface area contributed by atoms with Crippen LogP contribution in [0.5, 0.6) is 11.5 Å². The molecular formula is C18H18N2O4. The molecular weight excluding hydrogens is 308 g/mol. The van der Waals surface area contributed by atoms with Crippen LogP contribution in [0.4, 0.5) is 0 Å². The lowest BCUT2D eigenvalue weighted by molar-refractivity contribution is 0.201. The molecule has 1 aromatic heterocycles. The minimum Gasteiger partial charge on any atom is -0.491 e. The number of aliphatic hydroxyl groups excluding tert-OH is 1. The smallest absolute Gasteiger partial charge is 0.264 e. The number of aryl methyl sites for hydroxylation is 1. The van der Waals surface area contributed by atoms with Gasteiger partial charge in [-0.25, -0.2) is 0 Å². The molecule has 0 unspecified atom stereocenters. The van der Waals surface area contributed by atoms with Crippen LogP contribution in [0.1, 0.15) is 11.5 Å². The van der Waals surface area contributed by atoms with E-state index < -0.39 is 0 Å². The van der Waals surface area contributed by atoms with Crippen molar-refractivity contribution in [1.29, 1.82) is 0 Å². The second kappa shape index (κ2) is 7.61. The zero-order valence-electron chi connectivity index (χ0n) is 13.3. The lowest BCUT2D eigenvalue weighted by Crippen LogP contribution is -2.01. The first-order chi connectivity index (χ1) is 11.7. The van der Waals surface area contributed by atoms with Crippen molar-refractivity contribution in [3.05, 3.63) is 60.0 Å². The van der Waals surface area contributed by atoms with Crippen LogP contribution < -0.4 is 9.47 Å². The van der Waals surface area contributed by atoms with E-state index in [1.165, 1.54) is 0 Å². The highest BCUT2D eigenvalue weighted by atomic mass is 16.5. The molecule has 0 aliphatic heterocycles. The fourth-order valence-corrected chi connectivity index (χ4v) is 2.16. The van der Waals surface area contributed by atoms with Gasteiger partial charge < -0.3 is 19.1 Å². The van der Waals surface area contributed by atoms with Crippen molar-refractivity contribution in [2.24, 2.45) is 0 Å². The highest BCUT2D eigenvalue weighted by Crippen LogP contribution is 2.20. The first-order valence-corrected chi connectivity index (χ1v) is 7.61. The maximum atomic E-state index is 8.72. The second-order valence-corrected chi connectivity index (χ2v) is 5.21. The van der Waals surface area contributed by atoms with Gasteiger partial charge in [0.15, 0.2) is 6.61 Å². The van der Waals surface area contributed by atoms with Crippen molar-refractivity contribution in [3.8, 4) is 22.9 Å². The van der Waals surface area contributed by atoms with Crippen molar-refractivity contribution in [2.45, 2.75) is 13.5 Å². The monoisotopic (exact) mass is 326 g/mol. The fraction of sp³-hybridized carbons (Fsp3) is 0.222. The molecule has 0 aliphatic carbocycles. The Morgan fingerprint density at radius 1 is 1.04 bits per heavy atom. The van der Waals surface area contributed by atoms with E-state index in [1.54, 1.807) is 24.3 Å². The summed E-state index contributed by atoms with van der Waals surface area (Å²) in [6.07, 6.45) is 0. The molecule has 6 nitrogen and oxygen atoms in total. The summed E-state index contributed by atoms with van der Waals surface area (Å²) in [7, 11) is 0. The van der Waals surface area contributed by atoms with Crippen LogP contribution >= 0.6 is 0 Å². The minimum absolute atomic E-state index is 0.0152. The number of aliphatic hydroxyl groups is 1. The molecule has 0 saturated carbocycles. The molecule has 2 aromatic carbocycles. The largest absolute Gasteiger partial charge is 0.491 e. The fourth-order valence-electron chi connectivity index (χ4n) is 2.16. The van der Waals surface area contributed by atoms with E-state index >= 15 is 0 Å². The average Bonchev–Trinajstić information content (AvgIpc) is 3.08. The standard InChI is InChI=1S/C18H18N2O4/c1-13-3-2-4-14(11-13)18-19-17(24-20-18)12-23-16-7-5-15(6-8-16)22-10-9-21/h2-8,11,21H,9-10,12H2,1H3. The Morgan fingerprint density at radius 2 is 1.79 bits per heavy atom. The van der Waals surface area contributed by atoms with Crippen LogP contribution in [0.3, 0.4) is 0 Å². The molecule has 6 heteroatoms. The number of nitrogens with zero attached hydrogens (tertiary/aromatic N) is 2. The number of rotatable bonds is 7. The summed E-state index contributed by atoms with van der Waals surface area (Å²) in [4.78, 5) is 4.34. The van der Waals surface area contributed by atoms with Crippen LogP contribution in [0.15, 0.2) is 53.1 Å². The lowest BCUT2D eigenvalue weighted by Gasteiger charge is -2.06. The molecule has 24 heavy (non-hydrogen) atoms. The van der Waals surface area contributed by atoms with Crippen LogP contribution in [0.2, 0.25) is 0 Å². The van der Waals surface area contributed by atoms with Gasteiger partial charge in [0.2, 0.25) is 5.82 Å². The molecule has 0 atom stereocenters. The van der Waals surface area contributed by atoms with E-state index in [-0.39, 0.29) is 19.8 Å². The van der Waals surface area contributed by atoms with Crippen molar-refractivity contribution in [3.63, 3.8) is 0 Å². The first kappa shape index (κ1) is 16.0. The van der Waals surface area contributed by atoms with Gasteiger partial charge in [0.25, 0.3) is 5.89 Å². The van der Waals surface area contributed by atoms with E-state index in [2.05, 4.69) is 10.1 Å². The molecule has 3 aromatic rings. The number of hydrogen-bond donors (Lipinski definition) is 1. The van der Waals surface area contributed by atoms with Crippen LogP contribution in [-0.2, 0) is 6.61 Å². The van der Waals surface area contributed by atoms with E-state index in [9.17, 15) is 0 Å². The molecule has 0 bridgehead atoms. The third-order valence-corrected chi connectivity index (χ3v) is 3.29. The number of hydrogen-bond acceptors (Lipinski definition) is 6. The van der Waals surface area contributed by atoms with Gasteiger partial charge in [0.1, 0.15) is 18.1 Å². The third kappa shape index (κ3) is 4.11. The van der Waals surface area contributed by atoms with E-state index in [0.717, 1.165) is 11.1 Å². The minimum atomic E-state index is -0.0152. The Hall–Kier alpha value is -2.86. The second-order valence-electron chi connectivity index (χ2n) is 5.21.